The average Bonchev–Trinajstić information content (AvgIpc) is 3.17. The lowest BCUT2D eigenvalue weighted by molar-refractivity contribution is -0.163. The Hall–Kier alpha value is -3.70. The first kappa shape index (κ1) is 65.3. The first-order valence-electron chi connectivity index (χ1n) is 25.3. The van der Waals surface area contributed by atoms with E-state index in [0.717, 1.165) is 0 Å². The third kappa shape index (κ3) is 37.7. The van der Waals surface area contributed by atoms with Crippen molar-refractivity contribution in [3.05, 3.63) is 0 Å². The Bertz CT molecular complexity index is 1540. The van der Waals surface area contributed by atoms with Crippen molar-refractivity contribution in [2.45, 2.75) is 151 Å². The van der Waals surface area contributed by atoms with E-state index in [4.69, 9.17) is 37.9 Å². The Morgan fingerprint density at radius 2 is 0.789 bits per heavy atom. The molecule has 0 bridgehead atoms. The van der Waals surface area contributed by atoms with Crippen molar-refractivity contribution in [3.8, 4) is 0 Å². The summed E-state index contributed by atoms with van der Waals surface area (Å²) in [5.41, 5.74) is -3.45. The highest BCUT2D eigenvalue weighted by Crippen LogP contribution is 2.18. The van der Waals surface area contributed by atoms with Crippen molar-refractivity contribution in [2.75, 3.05) is 138 Å². The van der Waals surface area contributed by atoms with Crippen molar-refractivity contribution < 1.29 is 66.7 Å². The molecule has 1 aliphatic rings. The Morgan fingerprint density at radius 1 is 0.423 bits per heavy atom. The minimum Gasteiger partial charge on any atom is -0.459 e. The van der Waals surface area contributed by atoms with E-state index in [1.807, 2.05) is 81.9 Å². The maximum absolute atomic E-state index is 14.1. The van der Waals surface area contributed by atoms with Crippen molar-refractivity contribution in [1.82, 2.24) is 35.6 Å². The summed E-state index contributed by atoms with van der Waals surface area (Å²) in [6.45, 7) is 34.0. The summed E-state index contributed by atoms with van der Waals surface area (Å²) in [6, 6.07) is -0.835. The standard InChI is InChI=1S/C50H95N7O14/c1-46(2,3)67-41(59)36-54-22-24-55(37-42(60)68-47(4,5)6)26-28-57(29-27-56(25-23-54)38-43(61)69-48(7,8)9)39(44(62)70-49(10,11)12)16-17-40(58)52-19-18-51-20-30-64-32-34-66-35-33-65-31-21-53-45(63)71-50(13,14)15/h39,51H,16-38H2,1-15H3,(H,52,58)(H,53,63). The molecular weight excluding hydrogens is 923 g/mol. The summed E-state index contributed by atoms with van der Waals surface area (Å²) in [4.78, 5) is 86.4. The highest BCUT2D eigenvalue weighted by atomic mass is 16.6. The number of ether oxygens (including phenoxy) is 8. The molecule has 21 nitrogen and oxygen atoms in total. The minimum atomic E-state index is -0.835. The largest absolute Gasteiger partial charge is 0.459 e. The lowest BCUT2D eigenvalue weighted by Crippen LogP contribution is -2.53. The van der Waals surface area contributed by atoms with E-state index in [9.17, 15) is 28.8 Å². The van der Waals surface area contributed by atoms with Crippen LogP contribution in [-0.4, -0.2) is 227 Å². The second-order valence-electron chi connectivity index (χ2n) is 22.6. The maximum atomic E-state index is 14.1. The number of amides is 2. The van der Waals surface area contributed by atoms with Gasteiger partial charge in [0.05, 0.1) is 59.3 Å². The minimum absolute atomic E-state index is 0.00667. The van der Waals surface area contributed by atoms with Crippen LogP contribution >= 0.6 is 0 Å². The second-order valence-corrected chi connectivity index (χ2v) is 22.6. The van der Waals surface area contributed by atoms with Crippen LogP contribution in [0, 0.1) is 0 Å². The van der Waals surface area contributed by atoms with Crippen LogP contribution in [-0.2, 0) is 61.9 Å². The van der Waals surface area contributed by atoms with Crippen LogP contribution in [0.2, 0.25) is 0 Å². The van der Waals surface area contributed by atoms with Crippen molar-refractivity contribution >= 4 is 35.9 Å². The van der Waals surface area contributed by atoms with Gasteiger partial charge in [0.1, 0.15) is 34.0 Å². The third-order valence-electron chi connectivity index (χ3n) is 9.66. The Labute approximate surface area is 425 Å². The topological polar surface area (TPSA) is 225 Å². The monoisotopic (exact) mass is 1020 g/mol. The predicted octanol–water partition coefficient (Wildman–Crippen LogP) is 3.00. The van der Waals surface area contributed by atoms with Crippen LogP contribution in [0.4, 0.5) is 4.79 Å². The third-order valence-corrected chi connectivity index (χ3v) is 9.66. The van der Waals surface area contributed by atoms with Crippen LogP contribution in [0.15, 0.2) is 0 Å². The molecule has 414 valence electrons. The number of esters is 4. The van der Waals surface area contributed by atoms with E-state index in [1.54, 1.807) is 41.5 Å². The molecule has 1 unspecified atom stereocenters. The van der Waals surface area contributed by atoms with Gasteiger partial charge < -0.3 is 53.8 Å². The normalized spacial score (nSPS) is 16.2. The van der Waals surface area contributed by atoms with Crippen LogP contribution < -0.4 is 16.0 Å². The van der Waals surface area contributed by atoms with Crippen molar-refractivity contribution in [1.29, 1.82) is 0 Å². The molecule has 0 aromatic rings. The summed E-state index contributed by atoms with van der Waals surface area (Å²) in [6.07, 6.45) is -0.286. The van der Waals surface area contributed by atoms with Gasteiger partial charge in [-0.25, -0.2) is 4.79 Å². The first-order chi connectivity index (χ1) is 32.8. The molecule has 1 rings (SSSR count). The zero-order chi connectivity index (χ0) is 53.9. The molecule has 0 saturated carbocycles. The smallest absolute Gasteiger partial charge is 0.407 e. The molecule has 0 radical (unpaired) electrons. The summed E-state index contributed by atoms with van der Waals surface area (Å²) < 4.78 is 44.8. The fraction of sp³-hybridized carbons (Fsp3) is 0.880. The molecule has 1 saturated heterocycles. The number of nitrogens with one attached hydrogen (secondary N) is 3. The van der Waals surface area contributed by atoms with E-state index in [1.165, 1.54) is 0 Å². The quantitative estimate of drug-likeness (QED) is 0.0643. The summed E-state index contributed by atoms with van der Waals surface area (Å²) in [5, 5.41) is 8.81. The van der Waals surface area contributed by atoms with Gasteiger partial charge in [-0.3, -0.25) is 43.6 Å². The summed E-state index contributed by atoms with van der Waals surface area (Å²) in [7, 11) is 0. The zero-order valence-corrected chi connectivity index (χ0v) is 46.3. The fourth-order valence-corrected chi connectivity index (χ4v) is 6.82. The number of hydrogen-bond donors (Lipinski definition) is 3. The van der Waals surface area contributed by atoms with Crippen molar-refractivity contribution in [2.24, 2.45) is 0 Å². The Morgan fingerprint density at radius 3 is 1.18 bits per heavy atom. The molecule has 21 heteroatoms. The second kappa shape index (κ2) is 32.5. The molecule has 1 aliphatic heterocycles. The molecule has 1 atom stereocenters. The van der Waals surface area contributed by atoms with Gasteiger partial charge in [-0.1, -0.05) is 0 Å². The van der Waals surface area contributed by atoms with Gasteiger partial charge in [-0.15, -0.1) is 0 Å². The van der Waals surface area contributed by atoms with Gasteiger partial charge in [0, 0.05) is 85.0 Å². The highest BCUT2D eigenvalue weighted by molar-refractivity contribution is 5.79. The Kier molecular flexibility index (Phi) is 29.9. The van der Waals surface area contributed by atoms with E-state index < -0.39 is 58.0 Å². The molecule has 0 spiro atoms. The molecule has 2 amide bonds. The maximum Gasteiger partial charge on any atom is 0.407 e. The number of alkyl carbamates (subject to hydrolysis) is 1. The number of nitrogens with zero attached hydrogens (tertiary/aromatic N) is 4. The first-order valence-corrected chi connectivity index (χ1v) is 25.3. The SMILES string of the molecule is CC(C)(C)OC(=O)CN1CCN(CC(=O)OC(C)(C)C)CCN(C(CCC(=O)NCCNCCOCCOCCOCCNC(=O)OC(C)(C)C)C(=O)OC(C)(C)C)CCN(CC(=O)OC(C)(C)C)CC1. The molecule has 0 aliphatic carbocycles. The molecule has 1 fully saturated rings. The fourth-order valence-electron chi connectivity index (χ4n) is 6.82. The summed E-state index contributed by atoms with van der Waals surface area (Å²) >= 11 is 0. The molecule has 3 N–H and O–H groups in total. The van der Waals surface area contributed by atoms with Gasteiger partial charge in [0.2, 0.25) is 5.91 Å². The molecule has 0 aromatic heterocycles. The van der Waals surface area contributed by atoms with Gasteiger partial charge in [0.15, 0.2) is 0 Å². The van der Waals surface area contributed by atoms with Gasteiger partial charge in [0.25, 0.3) is 0 Å². The number of hydrogen-bond acceptors (Lipinski definition) is 19. The van der Waals surface area contributed by atoms with E-state index in [0.29, 0.717) is 118 Å². The van der Waals surface area contributed by atoms with Crippen LogP contribution in [0.1, 0.15) is 117 Å². The Balaban J connectivity index is 2.97. The zero-order valence-electron chi connectivity index (χ0n) is 46.3. The number of carbonyl (C=O) groups excluding carboxylic acids is 6. The number of carbonyl (C=O) groups is 6. The lowest BCUT2D eigenvalue weighted by Gasteiger charge is -2.37. The van der Waals surface area contributed by atoms with Crippen LogP contribution in [0.25, 0.3) is 0 Å². The van der Waals surface area contributed by atoms with Gasteiger partial charge in [-0.2, -0.15) is 0 Å². The predicted molar refractivity (Wildman–Crippen MR) is 270 cm³/mol. The van der Waals surface area contributed by atoms with E-state index in [2.05, 4.69) is 16.0 Å². The average molecular weight is 1020 g/mol. The number of rotatable bonds is 26. The molecule has 71 heavy (non-hydrogen) atoms. The van der Waals surface area contributed by atoms with Gasteiger partial charge in [-0.05, 0) is 110 Å². The summed E-state index contributed by atoms with van der Waals surface area (Å²) in [5.74, 6) is -1.92. The van der Waals surface area contributed by atoms with Crippen LogP contribution in [0.3, 0.4) is 0 Å². The van der Waals surface area contributed by atoms with Gasteiger partial charge >= 0.3 is 30.0 Å². The van der Waals surface area contributed by atoms with E-state index >= 15 is 0 Å². The van der Waals surface area contributed by atoms with Crippen molar-refractivity contribution in [3.63, 3.8) is 0 Å². The highest BCUT2D eigenvalue weighted by Gasteiger charge is 2.33. The van der Waals surface area contributed by atoms with E-state index in [-0.39, 0.29) is 44.4 Å². The molecular formula is C50H95N7O14. The molecule has 0 aromatic carbocycles. The molecule has 1 heterocycles. The van der Waals surface area contributed by atoms with Crippen LogP contribution in [0.5, 0.6) is 0 Å². The lowest BCUT2D eigenvalue weighted by atomic mass is 10.1.